The number of carbonyl (C=O) groups excluding carboxylic acids is 1. The lowest BCUT2D eigenvalue weighted by atomic mass is 9.75. The van der Waals surface area contributed by atoms with Crippen molar-refractivity contribution >= 4 is 11.9 Å². The average molecular weight is 296 g/mol. The zero-order chi connectivity index (χ0) is 16.0. The van der Waals surface area contributed by atoms with Crippen LogP contribution in [-0.4, -0.2) is 22.6 Å². The number of ether oxygens (including phenoxy) is 1. The van der Waals surface area contributed by atoms with E-state index in [1.807, 2.05) is 6.92 Å². The normalized spacial score (nSPS) is 24.9. The molecule has 1 N–H and O–H groups in total. The maximum Gasteiger partial charge on any atom is 0.348 e. The van der Waals surface area contributed by atoms with Crippen LogP contribution in [0.3, 0.4) is 0 Å². The SMILES string of the molecule is CCCC(=O)OC(CC)(CC1CCC(C)=CC1C)C(=O)O. The third-order valence-corrected chi connectivity index (χ3v) is 4.52. The first-order chi connectivity index (χ1) is 9.84. The number of carboxylic acids is 1. The van der Waals surface area contributed by atoms with Gasteiger partial charge in [-0.25, -0.2) is 4.79 Å². The van der Waals surface area contributed by atoms with Gasteiger partial charge in [-0.15, -0.1) is 0 Å². The van der Waals surface area contributed by atoms with Crippen molar-refractivity contribution in [2.45, 2.75) is 71.8 Å². The smallest absolute Gasteiger partial charge is 0.348 e. The maximum absolute atomic E-state index is 11.8. The van der Waals surface area contributed by atoms with E-state index in [2.05, 4.69) is 19.9 Å². The van der Waals surface area contributed by atoms with Gasteiger partial charge in [0.2, 0.25) is 5.60 Å². The van der Waals surface area contributed by atoms with Crippen molar-refractivity contribution in [1.29, 1.82) is 0 Å². The summed E-state index contributed by atoms with van der Waals surface area (Å²) >= 11 is 0. The van der Waals surface area contributed by atoms with Gasteiger partial charge in [0.25, 0.3) is 0 Å². The van der Waals surface area contributed by atoms with Gasteiger partial charge in [0, 0.05) is 12.8 Å². The average Bonchev–Trinajstić information content (AvgIpc) is 2.40. The third kappa shape index (κ3) is 4.58. The molecule has 0 spiro atoms. The number of allylic oxidation sites excluding steroid dienone is 2. The molecule has 0 saturated heterocycles. The van der Waals surface area contributed by atoms with E-state index in [1.165, 1.54) is 5.57 Å². The summed E-state index contributed by atoms with van der Waals surface area (Å²) in [7, 11) is 0. The fourth-order valence-electron chi connectivity index (χ4n) is 3.07. The highest BCUT2D eigenvalue weighted by Crippen LogP contribution is 2.37. The Hall–Kier alpha value is -1.32. The Balaban J connectivity index is 2.88. The van der Waals surface area contributed by atoms with E-state index in [9.17, 15) is 14.7 Å². The quantitative estimate of drug-likeness (QED) is 0.571. The zero-order valence-corrected chi connectivity index (χ0v) is 13.6. The Morgan fingerprint density at radius 2 is 2.10 bits per heavy atom. The molecule has 0 heterocycles. The molecule has 3 atom stereocenters. The molecule has 0 fully saturated rings. The minimum Gasteiger partial charge on any atom is -0.478 e. The zero-order valence-electron chi connectivity index (χ0n) is 13.6. The van der Waals surface area contributed by atoms with Gasteiger partial charge < -0.3 is 9.84 Å². The van der Waals surface area contributed by atoms with E-state index in [0.717, 1.165) is 12.8 Å². The van der Waals surface area contributed by atoms with Crippen molar-refractivity contribution in [3.05, 3.63) is 11.6 Å². The molecule has 0 amide bonds. The Kier molecular flexibility index (Phi) is 6.43. The molecule has 3 unspecified atom stereocenters. The Morgan fingerprint density at radius 1 is 1.43 bits per heavy atom. The van der Waals surface area contributed by atoms with Gasteiger partial charge in [-0.3, -0.25) is 4.79 Å². The summed E-state index contributed by atoms with van der Waals surface area (Å²) in [5, 5.41) is 9.62. The van der Waals surface area contributed by atoms with Gasteiger partial charge in [0.15, 0.2) is 0 Å². The van der Waals surface area contributed by atoms with Gasteiger partial charge in [-0.05, 0) is 44.4 Å². The number of esters is 1. The summed E-state index contributed by atoms with van der Waals surface area (Å²) in [5.41, 5.74) is -0.0104. The lowest BCUT2D eigenvalue weighted by Crippen LogP contribution is -2.45. The Morgan fingerprint density at radius 3 is 2.57 bits per heavy atom. The first-order valence-corrected chi connectivity index (χ1v) is 7.97. The molecule has 0 aromatic heterocycles. The van der Waals surface area contributed by atoms with Crippen molar-refractivity contribution in [2.24, 2.45) is 11.8 Å². The second kappa shape index (κ2) is 7.62. The number of carboxylic acid groups (broad SMARTS) is 1. The van der Waals surface area contributed by atoms with E-state index in [-0.39, 0.29) is 12.3 Å². The molecular formula is C17H28O4. The van der Waals surface area contributed by atoms with Crippen LogP contribution in [0.15, 0.2) is 11.6 Å². The fourth-order valence-corrected chi connectivity index (χ4v) is 3.07. The summed E-state index contributed by atoms with van der Waals surface area (Å²) in [4.78, 5) is 23.5. The molecule has 21 heavy (non-hydrogen) atoms. The molecule has 0 bridgehead atoms. The van der Waals surface area contributed by atoms with Gasteiger partial charge in [-0.2, -0.15) is 0 Å². The predicted molar refractivity (Wildman–Crippen MR) is 81.9 cm³/mol. The first kappa shape index (κ1) is 17.7. The van der Waals surface area contributed by atoms with Crippen LogP contribution in [0.2, 0.25) is 0 Å². The van der Waals surface area contributed by atoms with Crippen LogP contribution < -0.4 is 0 Å². The van der Waals surface area contributed by atoms with Crippen molar-refractivity contribution in [1.82, 2.24) is 0 Å². The first-order valence-electron chi connectivity index (χ1n) is 7.97. The number of carbonyl (C=O) groups is 2. The highest BCUT2D eigenvalue weighted by Gasteiger charge is 2.43. The summed E-state index contributed by atoms with van der Waals surface area (Å²) < 4.78 is 5.41. The summed E-state index contributed by atoms with van der Waals surface area (Å²) in [5.74, 6) is -0.849. The largest absolute Gasteiger partial charge is 0.478 e. The van der Waals surface area contributed by atoms with Crippen molar-refractivity contribution in [3.63, 3.8) is 0 Å². The highest BCUT2D eigenvalue weighted by molar-refractivity contribution is 5.82. The van der Waals surface area contributed by atoms with Gasteiger partial charge in [-0.1, -0.05) is 32.4 Å². The molecule has 4 nitrogen and oxygen atoms in total. The molecule has 1 aliphatic carbocycles. The molecule has 4 heteroatoms. The minimum absolute atomic E-state index is 0.249. The molecule has 1 aliphatic rings. The fraction of sp³-hybridized carbons (Fsp3) is 0.765. The standard InChI is InChI=1S/C17H28O4/c1-5-7-15(18)21-17(6-2,16(19)20)11-14-9-8-12(3)10-13(14)4/h10,13-14H,5-9,11H2,1-4H3,(H,19,20). The van der Waals surface area contributed by atoms with Gasteiger partial charge in [0.05, 0.1) is 0 Å². The van der Waals surface area contributed by atoms with Crippen LogP contribution in [0, 0.1) is 11.8 Å². The maximum atomic E-state index is 11.8. The molecule has 0 aromatic rings. The summed E-state index contributed by atoms with van der Waals surface area (Å²) in [6.45, 7) is 7.89. The van der Waals surface area contributed by atoms with E-state index < -0.39 is 17.5 Å². The lowest BCUT2D eigenvalue weighted by Gasteiger charge is -2.35. The highest BCUT2D eigenvalue weighted by atomic mass is 16.6. The van der Waals surface area contributed by atoms with Crippen molar-refractivity contribution in [2.75, 3.05) is 0 Å². The number of aliphatic carboxylic acids is 1. The van der Waals surface area contributed by atoms with Gasteiger partial charge >= 0.3 is 11.9 Å². The molecule has 0 saturated carbocycles. The molecule has 0 radical (unpaired) electrons. The predicted octanol–water partition coefficient (Wildman–Crippen LogP) is 3.95. The number of hydrogen-bond donors (Lipinski definition) is 1. The number of hydrogen-bond acceptors (Lipinski definition) is 3. The minimum atomic E-state index is -1.37. The molecule has 1 rings (SSSR count). The number of rotatable bonds is 7. The Bertz CT molecular complexity index is 413. The third-order valence-electron chi connectivity index (χ3n) is 4.52. The molecule has 0 aromatic carbocycles. The van der Waals surface area contributed by atoms with Crippen LogP contribution in [-0.2, 0) is 14.3 Å². The van der Waals surface area contributed by atoms with E-state index in [0.29, 0.717) is 25.2 Å². The van der Waals surface area contributed by atoms with Crippen LogP contribution >= 0.6 is 0 Å². The van der Waals surface area contributed by atoms with Crippen molar-refractivity contribution < 1.29 is 19.4 Å². The van der Waals surface area contributed by atoms with Crippen LogP contribution in [0.5, 0.6) is 0 Å². The van der Waals surface area contributed by atoms with Crippen molar-refractivity contribution in [3.8, 4) is 0 Å². The monoisotopic (exact) mass is 296 g/mol. The summed E-state index contributed by atoms with van der Waals surface area (Å²) in [6, 6.07) is 0. The molecule has 0 aliphatic heterocycles. The molecule has 120 valence electrons. The van der Waals surface area contributed by atoms with E-state index in [4.69, 9.17) is 4.74 Å². The van der Waals surface area contributed by atoms with Crippen LogP contribution in [0.4, 0.5) is 0 Å². The lowest BCUT2D eigenvalue weighted by molar-refractivity contribution is -0.182. The molecular weight excluding hydrogens is 268 g/mol. The van der Waals surface area contributed by atoms with Crippen LogP contribution in [0.1, 0.15) is 66.2 Å². The van der Waals surface area contributed by atoms with Gasteiger partial charge in [0.1, 0.15) is 0 Å². The second-order valence-electron chi connectivity index (χ2n) is 6.25. The van der Waals surface area contributed by atoms with E-state index >= 15 is 0 Å². The topological polar surface area (TPSA) is 63.6 Å². The van der Waals surface area contributed by atoms with Crippen LogP contribution in [0.25, 0.3) is 0 Å². The Labute approximate surface area is 127 Å². The van der Waals surface area contributed by atoms with E-state index in [1.54, 1.807) is 6.92 Å². The second-order valence-corrected chi connectivity index (χ2v) is 6.25. The summed E-state index contributed by atoms with van der Waals surface area (Å²) in [6.07, 6.45) is 5.82.